The molecule has 130 valence electrons. The quantitative estimate of drug-likeness (QED) is 0.584. The average Bonchev–Trinajstić information content (AvgIpc) is 2.89. The molecule has 0 N–H and O–H groups in total. The minimum absolute atomic E-state index is 0.0192. The molecule has 1 fully saturated rings. The van der Waals surface area contributed by atoms with Gasteiger partial charge in [0.15, 0.2) is 0 Å². The number of allylic oxidation sites excluding steroid dienone is 1. The van der Waals surface area contributed by atoms with E-state index in [4.69, 9.17) is 9.47 Å². The van der Waals surface area contributed by atoms with E-state index < -0.39 is 17.5 Å². The summed E-state index contributed by atoms with van der Waals surface area (Å²) in [5.74, 6) is -0.774. The van der Waals surface area contributed by atoms with Crippen molar-refractivity contribution in [2.24, 2.45) is 22.2 Å². The first-order valence-electron chi connectivity index (χ1n) is 8.43. The van der Waals surface area contributed by atoms with Crippen molar-refractivity contribution in [3.8, 4) is 0 Å². The monoisotopic (exact) mass is 322 g/mol. The number of carbonyl (C=O) groups excluding carboxylic acids is 2. The minimum atomic E-state index is -0.774. The van der Waals surface area contributed by atoms with E-state index in [0.29, 0.717) is 6.42 Å². The van der Waals surface area contributed by atoms with Gasteiger partial charge in [-0.3, -0.25) is 4.79 Å². The van der Waals surface area contributed by atoms with Gasteiger partial charge < -0.3 is 9.47 Å². The van der Waals surface area contributed by atoms with Crippen molar-refractivity contribution in [3.05, 3.63) is 12.2 Å². The van der Waals surface area contributed by atoms with Crippen LogP contribution >= 0.6 is 0 Å². The fraction of sp³-hybridized carbons (Fsp3) is 0.789. The average molecular weight is 322 g/mol. The second-order valence-electron chi connectivity index (χ2n) is 9.37. The van der Waals surface area contributed by atoms with E-state index in [1.807, 2.05) is 39.8 Å². The Bertz CT molecular complexity index is 520. The van der Waals surface area contributed by atoms with Crippen molar-refractivity contribution >= 4 is 11.9 Å². The van der Waals surface area contributed by atoms with Gasteiger partial charge in [0, 0.05) is 0 Å². The zero-order chi connectivity index (χ0) is 17.6. The van der Waals surface area contributed by atoms with Gasteiger partial charge in [-0.05, 0) is 36.7 Å². The van der Waals surface area contributed by atoms with Crippen LogP contribution in [0.3, 0.4) is 0 Å². The highest BCUT2D eigenvalue weighted by Crippen LogP contribution is 2.48. The third-order valence-corrected chi connectivity index (χ3v) is 5.25. The van der Waals surface area contributed by atoms with Crippen LogP contribution in [-0.4, -0.2) is 24.1 Å². The highest BCUT2D eigenvalue weighted by Gasteiger charge is 2.52. The topological polar surface area (TPSA) is 52.6 Å². The minimum Gasteiger partial charge on any atom is -0.455 e. The van der Waals surface area contributed by atoms with Crippen LogP contribution in [-0.2, 0) is 19.1 Å². The molecule has 1 aliphatic carbocycles. The molecule has 4 nitrogen and oxygen atoms in total. The fourth-order valence-electron chi connectivity index (χ4n) is 3.53. The Balaban J connectivity index is 2.20. The SMILES string of the molecule is CC(C)(C)CC(C)(C(=O)OC1C(=O)OC2C=CCC21)C(C)(C)C. The van der Waals surface area contributed by atoms with Crippen molar-refractivity contribution in [1.29, 1.82) is 0 Å². The van der Waals surface area contributed by atoms with Gasteiger partial charge in [-0.1, -0.05) is 47.6 Å². The molecule has 23 heavy (non-hydrogen) atoms. The normalized spacial score (nSPS) is 29.9. The number of rotatable bonds is 3. The van der Waals surface area contributed by atoms with Crippen LogP contribution in [0.2, 0.25) is 0 Å². The molecule has 0 aromatic carbocycles. The Kier molecular flexibility index (Phi) is 4.42. The van der Waals surface area contributed by atoms with Gasteiger partial charge in [0.25, 0.3) is 0 Å². The molecule has 2 rings (SSSR count). The van der Waals surface area contributed by atoms with Crippen LogP contribution in [0.25, 0.3) is 0 Å². The first-order chi connectivity index (χ1) is 10.3. The maximum Gasteiger partial charge on any atom is 0.348 e. The van der Waals surface area contributed by atoms with Crippen molar-refractivity contribution in [3.63, 3.8) is 0 Å². The number of carbonyl (C=O) groups is 2. The first-order valence-corrected chi connectivity index (χ1v) is 8.43. The second kappa shape index (κ2) is 5.64. The molecule has 4 atom stereocenters. The molecule has 0 amide bonds. The second-order valence-corrected chi connectivity index (χ2v) is 9.37. The first kappa shape index (κ1) is 18.0. The summed E-state index contributed by atoms with van der Waals surface area (Å²) < 4.78 is 11.0. The standard InChI is InChI=1S/C19H30O4/c1-17(2,3)11-19(7,18(4,5)6)16(21)23-14-12-9-8-10-13(12)22-15(14)20/h8,10,12-14H,9,11H2,1-7H3. The largest absolute Gasteiger partial charge is 0.455 e. The molecule has 2 aliphatic rings. The van der Waals surface area contributed by atoms with E-state index in [1.54, 1.807) is 0 Å². The Morgan fingerprint density at radius 3 is 2.35 bits per heavy atom. The summed E-state index contributed by atoms with van der Waals surface area (Å²) in [6, 6.07) is 0. The van der Waals surface area contributed by atoms with Gasteiger partial charge >= 0.3 is 11.9 Å². The molecule has 0 aromatic heterocycles. The molecule has 0 spiro atoms. The molecular formula is C19H30O4. The molecule has 1 aliphatic heterocycles. The van der Waals surface area contributed by atoms with Crippen molar-refractivity contribution in [2.45, 2.75) is 73.5 Å². The van der Waals surface area contributed by atoms with E-state index in [-0.39, 0.29) is 28.8 Å². The van der Waals surface area contributed by atoms with Gasteiger partial charge in [0.05, 0.1) is 11.3 Å². The molecular weight excluding hydrogens is 292 g/mol. The maximum absolute atomic E-state index is 13.0. The lowest BCUT2D eigenvalue weighted by Crippen LogP contribution is -2.46. The number of hydrogen-bond donors (Lipinski definition) is 0. The van der Waals surface area contributed by atoms with Crippen molar-refractivity contribution < 1.29 is 19.1 Å². The zero-order valence-electron chi connectivity index (χ0n) is 15.4. The van der Waals surface area contributed by atoms with E-state index in [1.165, 1.54) is 0 Å². The summed E-state index contributed by atoms with van der Waals surface area (Å²) in [4.78, 5) is 25.1. The molecule has 0 saturated carbocycles. The Morgan fingerprint density at radius 2 is 1.83 bits per heavy atom. The van der Waals surface area contributed by atoms with E-state index >= 15 is 0 Å². The van der Waals surface area contributed by atoms with Gasteiger partial charge in [-0.15, -0.1) is 0 Å². The number of hydrogen-bond acceptors (Lipinski definition) is 4. The van der Waals surface area contributed by atoms with Gasteiger partial charge in [0.1, 0.15) is 6.10 Å². The molecule has 0 radical (unpaired) electrons. The lowest BCUT2D eigenvalue weighted by atomic mass is 9.61. The Labute approximate surface area is 139 Å². The smallest absolute Gasteiger partial charge is 0.348 e. The molecule has 0 aromatic rings. The van der Waals surface area contributed by atoms with Crippen molar-refractivity contribution in [1.82, 2.24) is 0 Å². The highest BCUT2D eigenvalue weighted by atomic mass is 16.6. The Morgan fingerprint density at radius 1 is 1.22 bits per heavy atom. The van der Waals surface area contributed by atoms with Crippen LogP contribution in [0, 0.1) is 22.2 Å². The number of ether oxygens (including phenoxy) is 2. The molecule has 4 unspecified atom stereocenters. The predicted molar refractivity (Wildman–Crippen MR) is 88.6 cm³/mol. The summed E-state index contributed by atoms with van der Waals surface area (Å²) in [6.07, 6.45) is 4.28. The number of esters is 2. The third-order valence-electron chi connectivity index (χ3n) is 5.25. The van der Waals surface area contributed by atoms with Gasteiger partial charge in [0.2, 0.25) is 6.10 Å². The van der Waals surface area contributed by atoms with E-state index in [9.17, 15) is 9.59 Å². The van der Waals surface area contributed by atoms with Crippen LogP contribution in [0.5, 0.6) is 0 Å². The lowest BCUT2D eigenvalue weighted by molar-refractivity contribution is -0.176. The lowest BCUT2D eigenvalue weighted by Gasteiger charge is -2.43. The predicted octanol–water partition coefficient (Wildman–Crippen LogP) is 3.89. The number of fused-ring (bicyclic) bond motifs is 1. The fourth-order valence-corrected chi connectivity index (χ4v) is 3.53. The summed E-state index contributed by atoms with van der Waals surface area (Å²) in [7, 11) is 0. The third kappa shape index (κ3) is 3.46. The van der Waals surface area contributed by atoms with Gasteiger partial charge in [-0.2, -0.15) is 0 Å². The summed E-state index contributed by atoms with van der Waals surface area (Å²) >= 11 is 0. The summed E-state index contributed by atoms with van der Waals surface area (Å²) in [5.41, 5.74) is -0.961. The Hall–Kier alpha value is -1.32. The summed E-state index contributed by atoms with van der Waals surface area (Å²) in [5, 5.41) is 0. The zero-order valence-corrected chi connectivity index (χ0v) is 15.4. The van der Waals surface area contributed by atoms with Crippen LogP contribution in [0.1, 0.15) is 61.3 Å². The van der Waals surface area contributed by atoms with Gasteiger partial charge in [-0.25, -0.2) is 4.79 Å². The van der Waals surface area contributed by atoms with Crippen LogP contribution < -0.4 is 0 Å². The highest BCUT2D eigenvalue weighted by molar-refractivity contribution is 5.84. The van der Waals surface area contributed by atoms with Crippen LogP contribution in [0.4, 0.5) is 0 Å². The molecule has 1 heterocycles. The van der Waals surface area contributed by atoms with Crippen molar-refractivity contribution in [2.75, 3.05) is 0 Å². The van der Waals surface area contributed by atoms with E-state index in [0.717, 1.165) is 6.42 Å². The van der Waals surface area contributed by atoms with E-state index in [2.05, 4.69) is 20.8 Å². The maximum atomic E-state index is 13.0. The van der Waals surface area contributed by atoms with Crippen LogP contribution in [0.15, 0.2) is 12.2 Å². The molecule has 0 bridgehead atoms. The summed E-state index contributed by atoms with van der Waals surface area (Å²) in [6.45, 7) is 14.4. The molecule has 4 heteroatoms. The molecule has 1 saturated heterocycles.